The second-order valence-corrected chi connectivity index (χ2v) is 2.59. The lowest BCUT2D eigenvalue weighted by Gasteiger charge is -2.03. The summed E-state index contributed by atoms with van der Waals surface area (Å²) >= 11 is 0. The number of methoxy groups -OCH3 is 1. The first-order valence-electron chi connectivity index (χ1n) is 3.75. The van der Waals surface area contributed by atoms with E-state index < -0.39 is 0 Å². The van der Waals surface area contributed by atoms with Crippen LogP contribution in [0.3, 0.4) is 0 Å². The van der Waals surface area contributed by atoms with Gasteiger partial charge < -0.3 is 4.74 Å². The maximum atomic E-state index is 5.20. The molecule has 11 heavy (non-hydrogen) atoms. The molecule has 0 spiro atoms. The molecule has 1 heterocycles. The van der Waals surface area contributed by atoms with Crippen molar-refractivity contribution in [2.24, 2.45) is 0 Å². The Hall–Kier alpha value is -1.18. The van der Waals surface area contributed by atoms with Gasteiger partial charge in [0, 0.05) is 12.1 Å². The highest BCUT2D eigenvalue weighted by atomic mass is 16.5. The van der Waals surface area contributed by atoms with Gasteiger partial charge in [0.05, 0.1) is 12.8 Å². The zero-order valence-electron chi connectivity index (χ0n) is 6.50. The molecule has 1 aliphatic heterocycles. The van der Waals surface area contributed by atoms with Gasteiger partial charge in [-0.1, -0.05) is 6.07 Å². The van der Waals surface area contributed by atoms with Gasteiger partial charge in [-0.05, 0) is 18.6 Å². The van der Waals surface area contributed by atoms with Gasteiger partial charge in [-0.2, -0.15) is 0 Å². The smallest absolute Gasteiger partial charge is 0.124 e. The third-order valence-corrected chi connectivity index (χ3v) is 1.97. The van der Waals surface area contributed by atoms with Gasteiger partial charge in [0.1, 0.15) is 5.75 Å². The molecule has 2 rings (SSSR count). The molecule has 2 nitrogen and oxygen atoms in total. The van der Waals surface area contributed by atoms with Crippen molar-refractivity contribution in [1.29, 1.82) is 0 Å². The Morgan fingerprint density at radius 2 is 2.36 bits per heavy atom. The molecule has 0 bridgehead atoms. The molecule has 2 heteroatoms. The Morgan fingerprint density at radius 1 is 1.45 bits per heavy atom. The molecule has 1 radical (unpaired) electrons. The maximum absolute atomic E-state index is 5.20. The maximum Gasteiger partial charge on any atom is 0.124 e. The van der Waals surface area contributed by atoms with Crippen LogP contribution >= 0.6 is 0 Å². The summed E-state index contributed by atoms with van der Waals surface area (Å²) < 4.78 is 5.20. The van der Waals surface area contributed by atoms with E-state index in [0.717, 1.165) is 24.4 Å². The van der Waals surface area contributed by atoms with Gasteiger partial charge in [0.15, 0.2) is 0 Å². The van der Waals surface area contributed by atoms with Crippen LogP contribution in [0.1, 0.15) is 5.56 Å². The normalized spacial score (nSPS) is 13.9. The van der Waals surface area contributed by atoms with Crippen molar-refractivity contribution in [3.63, 3.8) is 0 Å². The lowest BCUT2D eigenvalue weighted by atomic mass is 10.1. The number of ether oxygens (including phenoxy) is 1. The predicted molar refractivity (Wildman–Crippen MR) is 43.4 cm³/mol. The summed E-state index contributed by atoms with van der Waals surface area (Å²) in [5.74, 6) is 0.976. The van der Waals surface area contributed by atoms with Gasteiger partial charge >= 0.3 is 0 Å². The Kier molecular flexibility index (Phi) is 1.46. The van der Waals surface area contributed by atoms with Gasteiger partial charge in [-0.3, -0.25) is 5.32 Å². The predicted octanol–water partition coefficient (Wildman–Crippen LogP) is 1.49. The molecular formula is C9H10NO. The van der Waals surface area contributed by atoms with Gasteiger partial charge in [0.25, 0.3) is 0 Å². The zero-order chi connectivity index (χ0) is 7.68. The number of benzene rings is 1. The van der Waals surface area contributed by atoms with Crippen LogP contribution in [0.2, 0.25) is 0 Å². The lowest BCUT2D eigenvalue weighted by molar-refractivity contribution is 0.411. The standard InChI is InChI=1S/C9H10NO/c1-11-9-4-2-3-8-7(9)5-6-10-8/h2-4H,5-6H2,1H3. The van der Waals surface area contributed by atoms with E-state index in [1.54, 1.807) is 7.11 Å². The summed E-state index contributed by atoms with van der Waals surface area (Å²) in [6.45, 7) is 0.912. The fourth-order valence-corrected chi connectivity index (χ4v) is 1.43. The monoisotopic (exact) mass is 148 g/mol. The van der Waals surface area contributed by atoms with Gasteiger partial charge in [-0.15, -0.1) is 0 Å². The van der Waals surface area contributed by atoms with Crippen molar-refractivity contribution < 1.29 is 4.74 Å². The Morgan fingerprint density at radius 3 is 3.18 bits per heavy atom. The summed E-state index contributed by atoms with van der Waals surface area (Å²) in [6, 6.07) is 6.00. The first kappa shape index (κ1) is 6.53. The molecule has 0 amide bonds. The minimum atomic E-state index is 0.912. The number of fused-ring (bicyclic) bond motifs is 1. The quantitative estimate of drug-likeness (QED) is 0.591. The summed E-state index contributed by atoms with van der Waals surface area (Å²) in [4.78, 5) is 0. The van der Waals surface area contributed by atoms with Crippen LogP contribution in [0.15, 0.2) is 18.2 Å². The van der Waals surface area contributed by atoms with E-state index in [9.17, 15) is 0 Å². The molecule has 1 aromatic rings. The highest BCUT2D eigenvalue weighted by Gasteiger charge is 2.14. The Balaban J connectivity index is 2.50. The molecule has 0 aliphatic carbocycles. The first-order valence-corrected chi connectivity index (χ1v) is 3.75. The van der Waals surface area contributed by atoms with E-state index in [1.807, 2.05) is 18.2 Å². The van der Waals surface area contributed by atoms with Crippen molar-refractivity contribution in [2.75, 3.05) is 13.7 Å². The molecule has 1 aliphatic rings. The van der Waals surface area contributed by atoms with Crippen LogP contribution in [0, 0.1) is 0 Å². The molecule has 0 saturated carbocycles. The van der Waals surface area contributed by atoms with E-state index in [0.29, 0.717) is 0 Å². The molecule has 0 saturated heterocycles. The fourth-order valence-electron chi connectivity index (χ4n) is 1.43. The van der Waals surface area contributed by atoms with Crippen LogP contribution in [0.5, 0.6) is 5.75 Å². The number of nitrogens with zero attached hydrogens (tertiary/aromatic N) is 1. The number of hydrogen-bond donors (Lipinski definition) is 0. The summed E-state index contributed by atoms with van der Waals surface area (Å²) in [5, 5.41) is 4.33. The average Bonchev–Trinajstić information content (AvgIpc) is 2.50. The van der Waals surface area contributed by atoms with Crippen LogP contribution in [0.4, 0.5) is 5.69 Å². The molecule has 0 unspecified atom stereocenters. The van der Waals surface area contributed by atoms with Crippen LogP contribution in [-0.2, 0) is 6.42 Å². The first-order chi connectivity index (χ1) is 5.42. The Labute approximate surface area is 66.2 Å². The largest absolute Gasteiger partial charge is 0.496 e. The fraction of sp³-hybridized carbons (Fsp3) is 0.333. The highest BCUT2D eigenvalue weighted by molar-refractivity contribution is 5.55. The highest BCUT2D eigenvalue weighted by Crippen LogP contribution is 2.30. The van der Waals surface area contributed by atoms with Crippen molar-refractivity contribution in [3.8, 4) is 5.75 Å². The minimum Gasteiger partial charge on any atom is -0.496 e. The van der Waals surface area contributed by atoms with Crippen molar-refractivity contribution in [1.82, 2.24) is 5.32 Å². The molecule has 0 aromatic heterocycles. The third kappa shape index (κ3) is 0.946. The van der Waals surface area contributed by atoms with E-state index in [4.69, 9.17) is 4.74 Å². The molecule has 57 valence electrons. The minimum absolute atomic E-state index is 0.912. The summed E-state index contributed by atoms with van der Waals surface area (Å²) in [5.41, 5.74) is 2.36. The molecule has 0 fully saturated rings. The number of hydrogen-bond acceptors (Lipinski definition) is 1. The lowest BCUT2D eigenvalue weighted by Crippen LogP contribution is -1.88. The second kappa shape index (κ2) is 2.46. The summed E-state index contributed by atoms with van der Waals surface area (Å²) in [7, 11) is 1.70. The second-order valence-electron chi connectivity index (χ2n) is 2.59. The third-order valence-electron chi connectivity index (χ3n) is 1.97. The van der Waals surface area contributed by atoms with Crippen molar-refractivity contribution in [2.45, 2.75) is 6.42 Å². The van der Waals surface area contributed by atoms with E-state index in [1.165, 1.54) is 5.56 Å². The molecule has 0 N–H and O–H groups in total. The van der Waals surface area contributed by atoms with Gasteiger partial charge in [0.2, 0.25) is 0 Å². The van der Waals surface area contributed by atoms with Crippen LogP contribution < -0.4 is 10.1 Å². The SMILES string of the molecule is COc1cccc2c1CC[N]2. The van der Waals surface area contributed by atoms with Crippen molar-refractivity contribution >= 4 is 5.69 Å². The average molecular weight is 148 g/mol. The number of rotatable bonds is 1. The van der Waals surface area contributed by atoms with E-state index >= 15 is 0 Å². The zero-order valence-corrected chi connectivity index (χ0v) is 6.50. The van der Waals surface area contributed by atoms with E-state index in [-0.39, 0.29) is 0 Å². The molecular weight excluding hydrogens is 138 g/mol. The Bertz CT molecular complexity index is 270. The van der Waals surface area contributed by atoms with E-state index in [2.05, 4.69) is 5.32 Å². The summed E-state index contributed by atoms with van der Waals surface area (Å²) in [6.07, 6.45) is 1.03. The molecule has 0 atom stereocenters. The van der Waals surface area contributed by atoms with Crippen molar-refractivity contribution in [3.05, 3.63) is 23.8 Å². The van der Waals surface area contributed by atoms with Crippen LogP contribution in [0.25, 0.3) is 0 Å². The van der Waals surface area contributed by atoms with Crippen LogP contribution in [-0.4, -0.2) is 13.7 Å². The van der Waals surface area contributed by atoms with Gasteiger partial charge in [-0.25, -0.2) is 0 Å². The molecule has 1 aromatic carbocycles. The topological polar surface area (TPSA) is 23.3 Å².